The first-order valence-corrected chi connectivity index (χ1v) is 6.54. The Balaban J connectivity index is 2.40. The number of aromatic hydroxyl groups is 1. The highest BCUT2D eigenvalue weighted by Gasteiger charge is 2.16. The lowest BCUT2D eigenvalue weighted by Crippen LogP contribution is -2.06. The molecule has 5 heteroatoms. The molecule has 0 amide bonds. The maximum atomic E-state index is 12.3. The van der Waals surface area contributed by atoms with Gasteiger partial charge in [-0.05, 0) is 42.5 Å². The Kier molecular flexibility index (Phi) is 4.20. The van der Waals surface area contributed by atoms with Gasteiger partial charge in [-0.15, -0.1) is 0 Å². The van der Waals surface area contributed by atoms with Gasteiger partial charge < -0.3 is 9.84 Å². The lowest BCUT2D eigenvalue weighted by molar-refractivity contribution is 0.0597. The summed E-state index contributed by atoms with van der Waals surface area (Å²) in [5, 5.41) is 9.61. The third-order valence-electron chi connectivity index (χ3n) is 2.77. The minimum absolute atomic E-state index is 0.0320. The van der Waals surface area contributed by atoms with E-state index in [-0.39, 0.29) is 17.1 Å². The number of phenols is 1. The van der Waals surface area contributed by atoms with Crippen molar-refractivity contribution in [3.05, 3.63) is 63.6 Å². The van der Waals surface area contributed by atoms with Gasteiger partial charge in [0.05, 0.1) is 7.11 Å². The minimum Gasteiger partial charge on any atom is -0.507 e. The van der Waals surface area contributed by atoms with Gasteiger partial charge in [-0.1, -0.05) is 15.9 Å². The van der Waals surface area contributed by atoms with E-state index in [1.165, 1.54) is 25.3 Å². The molecule has 20 heavy (non-hydrogen) atoms. The van der Waals surface area contributed by atoms with Gasteiger partial charge in [-0.2, -0.15) is 0 Å². The van der Waals surface area contributed by atoms with Gasteiger partial charge in [0.25, 0.3) is 0 Å². The summed E-state index contributed by atoms with van der Waals surface area (Å²) < 4.78 is 5.43. The second-order valence-electron chi connectivity index (χ2n) is 4.06. The van der Waals surface area contributed by atoms with Crippen LogP contribution < -0.4 is 0 Å². The normalized spacial score (nSPS) is 10.1. The molecule has 0 unspecified atom stereocenters. The van der Waals surface area contributed by atoms with Crippen molar-refractivity contribution in [1.82, 2.24) is 0 Å². The second-order valence-corrected chi connectivity index (χ2v) is 4.98. The first-order chi connectivity index (χ1) is 9.52. The van der Waals surface area contributed by atoms with Crippen molar-refractivity contribution in [2.45, 2.75) is 0 Å². The quantitative estimate of drug-likeness (QED) is 0.691. The highest BCUT2D eigenvalue weighted by atomic mass is 79.9. The molecule has 2 aromatic rings. The largest absolute Gasteiger partial charge is 0.507 e. The second kappa shape index (κ2) is 5.88. The zero-order chi connectivity index (χ0) is 14.7. The van der Waals surface area contributed by atoms with E-state index in [1.54, 1.807) is 24.3 Å². The summed E-state index contributed by atoms with van der Waals surface area (Å²) in [7, 11) is 1.21. The van der Waals surface area contributed by atoms with Crippen molar-refractivity contribution in [2.24, 2.45) is 0 Å². The number of esters is 1. The van der Waals surface area contributed by atoms with E-state index in [2.05, 4.69) is 20.7 Å². The van der Waals surface area contributed by atoms with Crippen LogP contribution in [0.25, 0.3) is 0 Å². The lowest BCUT2D eigenvalue weighted by Gasteiger charge is -2.06. The van der Waals surface area contributed by atoms with E-state index in [0.717, 1.165) is 4.47 Å². The molecule has 0 aliphatic rings. The lowest BCUT2D eigenvalue weighted by atomic mass is 10.0. The van der Waals surface area contributed by atoms with Crippen LogP contribution in [0.4, 0.5) is 0 Å². The number of rotatable bonds is 3. The van der Waals surface area contributed by atoms with Gasteiger partial charge in [0.15, 0.2) is 5.78 Å². The fraction of sp³-hybridized carbons (Fsp3) is 0.0667. The Morgan fingerprint density at radius 1 is 1.05 bits per heavy atom. The smallest absolute Gasteiger partial charge is 0.341 e. The standard InChI is InChI=1S/C15H11BrO4/c1-20-15(19)12-8-10(4-7-13(12)17)14(18)9-2-5-11(16)6-3-9/h2-8,17H,1H3. The molecule has 1 N–H and O–H groups in total. The molecular weight excluding hydrogens is 324 g/mol. The number of phenolic OH excluding ortho intramolecular Hbond substituents is 1. The Morgan fingerprint density at radius 3 is 2.25 bits per heavy atom. The number of methoxy groups -OCH3 is 1. The molecule has 0 atom stereocenters. The minimum atomic E-state index is -0.687. The van der Waals surface area contributed by atoms with Crippen LogP contribution in [0.1, 0.15) is 26.3 Å². The average Bonchev–Trinajstić information content (AvgIpc) is 2.47. The molecule has 0 radical (unpaired) electrons. The van der Waals surface area contributed by atoms with Gasteiger partial charge in [0.1, 0.15) is 11.3 Å². The zero-order valence-corrected chi connectivity index (χ0v) is 12.2. The predicted molar refractivity (Wildman–Crippen MR) is 77.0 cm³/mol. The van der Waals surface area contributed by atoms with Crippen LogP contribution in [0.3, 0.4) is 0 Å². The van der Waals surface area contributed by atoms with Crippen molar-refractivity contribution < 1.29 is 19.4 Å². The molecule has 2 aromatic carbocycles. The van der Waals surface area contributed by atoms with Gasteiger partial charge in [0, 0.05) is 15.6 Å². The van der Waals surface area contributed by atoms with Crippen LogP contribution in [-0.4, -0.2) is 24.0 Å². The molecule has 0 aliphatic heterocycles. The molecule has 102 valence electrons. The summed E-state index contributed by atoms with van der Waals surface area (Å²) >= 11 is 3.29. The maximum absolute atomic E-state index is 12.3. The zero-order valence-electron chi connectivity index (χ0n) is 10.6. The van der Waals surface area contributed by atoms with E-state index < -0.39 is 5.97 Å². The van der Waals surface area contributed by atoms with E-state index in [0.29, 0.717) is 11.1 Å². The van der Waals surface area contributed by atoms with Gasteiger partial charge >= 0.3 is 5.97 Å². The van der Waals surface area contributed by atoms with Gasteiger partial charge in [-0.3, -0.25) is 4.79 Å². The monoisotopic (exact) mass is 334 g/mol. The third kappa shape index (κ3) is 2.88. The van der Waals surface area contributed by atoms with Crippen LogP contribution in [0.15, 0.2) is 46.9 Å². The number of ketones is 1. The Morgan fingerprint density at radius 2 is 1.65 bits per heavy atom. The van der Waals surface area contributed by atoms with Crippen LogP contribution >= 0.6 is 15.9 Å². The number of carbonyl (C=O) groups excluding carboxylic acids is 2. The average molecular weight is 335 g/mol. The summed E-state index contributed by atoms with van der Waals surface area (Å²) in [4.78, 5) is 23.8. The highest BCUT2D eigenvalue weighted by molar-refractivity contribution is 9.10. The fourth-order valence-electron chi connectivity index (χ4n) is 1.72. The topological polar surface area (TPSA) is 63.6 Å². The molecule has 0 saturated heterocycles. The molecule has 0 bridgehead atoms. The van der Waals surface area contributed by atoms with Crippen molar-refractivity contribution >= 4 is 27.7 Å². The Labute approximate surface area is 124 Å². The summed E-state index contributed by atoms with van der Waals surface area (Å²) in [6.45, 7) is 0. The van der Waals surface area contributed by atoms with Crippen molar-refractivity contribution in [2.75, 3.05) is 7.11 Å². The van der Waals surface area contributed by atoms with Gasteiger partial charge in [0.2, 0.25) is 0 Å². The van der Waals surface area contributed by atoms with E-state index in [9.17, 15) is 14.7 Å². The van der Waals surface area contributed by atoms with E-state index >= 15 is 0 Å². The summed E-state index contributed by atoms with van der Waals surface area (Å²) in [5.74, 6) is -1.14. The molecule has 0 spiro atoms. The van der Waals surface area contributed by atoms with Crippen molar-refractivity contribution in [3.8, 4) is 5.75 Å². The number of ether oxygens (including phenoxy) is 1. The summed E-state index contributed by atoms with van der Waals surface area (Å²) in [5.41, 5.74) is 0.774. The predicted octanol–water partition coefficient (Wildman–Crippen LogP) is 3.17. The first-order valence-electron chi connectivity index (χ1n) is 5.74. The molecule has 0 fully saturated rings. The van der Waals surface area contributed by atoms with Crippen LogP contribution in [0, 0.1) is 0 Å². The summed E-state index contributed by atoms with van der Waals surface area (Å²) in [6.07, 6.45) is 0. The molecule has 4 nitrogen and oxygen atoms in total. The Bertz CT molecular complexity index is 662. The number of hydrogen-bond acceptors (Lipinski definition) is 4. The fourth-order valence-corrected chi connectivity index (χ4v) is 1.98. The van der Waals surface area contributed by atoms with E-state index in [1.807, 2.05) is 0 Å². The Hall–Kier alpha value is -2.14. The molecule has 0 aromatic heterocycles. The molecule has 0 saturated carbocycles. The van der Waals surface area contributed by atoms with Crippen LogP contribution in [0.5, 0.6) is 5.75 Å². The van der Waals surface area contributed by atoms with Crippen LogP contribution in [-0.2, 0) is 4.74 Å². The maximum Gasteiger partial charge on any atom is 0.341 e. The van der Waals surface area contributed by atoms with E-state index in [4.69, 9.17) is 0 Å². The third-order valence-corrected chi connectivity index (χ3v) is 3.30. The highest BCUT2D eigenvalue weighted by Crippen LogP contribution is 2.22. The number of halogens is 1. The molecule has 2 rings (SSSR count). The molecule has 0 aliphatic carbocycles. The van der Waals surface area contributed by atoms with Crippen molar-refractivity contribution in [3.63, 3.8) is 0 Å². The number of carbonyl (C=O) groups is 2. The van der Waals surface area contributed by atoms with Crippen molar-refractivity contribution in [1.29, 1.82) is 0 Å². The first kappa shape index (κ1) is 14.3. The van der Waals surface area contributed by atoms with Gasteiger partial charge in [-0.25, -0.2) is 4.79 Å². The molecule has 0 heterocycles. The summed E-state index contributed by atoms with van der Waals surface area (Å²) in [6, 6.07) is 11.0. The SMILES string of the molecule is COC(=O)c1cc(C(=O)c2ccc(Br)cc2)ccc1O. The molecular formula is C15H11BrO4. The number of hydrogen-bond donors (Lipinski definition) is 1. The number of benzene rings is 2. The van der Waals surface area contributed by atoms with Crippen LogP contribution in [0.2, 0.25) is 0 Å².